The lowest BCUT2D eigenvalue weighted by atomic mass is 10.2. The molecule has 158 valence electrons. The largest absolute Gasteiger partial charge is 0.488 e. The highest BCUT2D eigenvalue weighted by atomic mass is 79.9. The highest BCUT2D eigenvalue weighted by Crippen LogP contribution is 2.45. The van der Waals surface area contributed by atoms with Gasteiger partial charge in [-0.05, 0) is 35.9 Å². The highest BCUT2D eigenvalue weighted by Gasteiger charge is 2.73. The van der Waals surface area contributed by atoms with E-state index in [2.05, 4.69) is 21.0 Å². The molecule has 0 saturated carbocycles. The van der Waals surface area contributed by atoms with E-state index in [1.807, 2.05) is 0 Å². The number of halogens is 9. The average Bonchev–Trinajstić information content (AvgIpc) is 2.60. The van der Waals surface area contributed by atoms with Crippen LogP contribution in [0.3, 0.4) is 0 Å². The summed E-state index contributed by atoms with van der Waals surface area (Å²) in [6.07, 6.45) is -5.82. The number of alkyl halides is 7. The highest BCUT2D eigenvalue weighted by molar-refractivity contribution is 9.10. The van der Waals surface area contributed by atoms with Gasteiger partial charge < -0.3 is 4.74 Å². The van der Waals surface area contributed by atoms with Gasteiger partial charge in [0.25, 0.3) is 0 Å². The summed E-state index contributed by atoms with van der Waals surface area (Å²) in [4.78, 5) is 0. The molecule has 0 heterocycles. The number of hydrazone groups is 1. The summed E-state index contributed by atoms with van der Waals surface area (Å²) in [7, 11) is 0. The number of benzene rings is 2. The molecule has 0 aromatic heterocycles. The van der Waals surface area contributed by atoms with Gasteiger partial charge in [0.05, 0.1) is 6.21 Å². The minimum atomic E-state index is -6.46. The van der Waals surface area contributed by atoms with Crippen LogP contribution in [-0.2, 0) is 6.61 Å². The Morgan fingerprint density at radius 2 is 1.72 bits per heavy atom. The normalized spacial score (nSPS) is 13.0. The van der Waals surface area contributed by atoms with Gasteiger partial charge in [-0.3, -0.25) is 0 Å². The van der Waals surface area contributed by atoms with Crippen molar-refractivity contribution in [1.29, 1.82) is 0 Å². The molecule has 0 bridgehead atoms. The Morgan fingerprint density at radius 3 is 2.34 bits per heavy atom. The second kappa shape index (κ2) is 8.78. The van der Waals surface area contributed by atoms with Crippen molar-refractivity contribution in [3.8, 4) is 5.75 Å². The minimum Gasteiger partial charge on any atom is -0.488 e. The molecule has 2 aromatic rings. The van der Waals surface area contributed by atoms with E-state index in [1.54, 1.807) is 30.3 Å². The van der Waals surface area contributed by atoms with E-state index in [-0.39, 0.29) is 17.9 Å². The number of nitrogens with zero attached hydrogens (tertiary/aromatic N) is 1. The molecule has 0 aliphatic carbocycles. The summed E-state index contributed by atoms with van der Waals surface area (Å²) >= 11 is 8.97. The van der Waals surface area contributed by atoms with Gasteiger partial charge in [-0.2, -0.15) is 35.8 Å². The molecule has 0 amide bonds. The predicted molar refractivity (Wildman–Crippen MR) is 96.6 cm³/mol. The zero-order valence-electron chi connectivity index (χ0n) is 14.1. The average molecular weight is 508 g/mol. The first-order valence-electron chi connectivity index (χ1n) is 7.63. The maximum Gasteiger partial charge on any atom is 0.462 e. The first-order valence-corrected chi connectivity index (χ1v) is 8.80. The second-order valence-corrected chi connectivity index (χ2v) is 6.97. The third-order valence-electron chi connectivity index (χ3n) is 3.41. The van der Waals surface area contributed by atoms with Crippen LogP contribution in [0.15, 0.2) is 52.0 Å². The molecule has 12 heteroatoms. The number of hydrogen-bond acceptors (Lipinski definition) is 3. The summed E-state index contributed by atoms with van der Waals surface area (Å²) in [5, 5.41) is 3.30. The van der Waals surface area contributed by atoms with Crippen molar-refractivity contribution in [3.05, 3.63) is 63.1 Å². The van der Waals surface area contributed by atoms with Crippen LogP contribution in [0.2, 0.25) is 5.02 Å². The maximum absolute atomic E-state index is 13.2. The summed E-state index contributed by atoms with van der Waals surface area (Å²) in [5.41, 5.74) is 1.28. The van der Waals surface area contributed by atoms with E-state index in [0.29, 0.717) is 26.7 Å². The molecule has 3 nitrogen and oxygen atoms in total. The molecule has 1 N–H and O–H groups in total. The summed E-state index contributed by atoms with van der Waals surface area (Å²) in [5.74, 6) is -6.20. The van der Waals surface area contributed by atoms with Gasteiger partial charge in [-0.25, -0.2) is 5.43 Å². The molecule has 2 aromatic carbocycles. The number of rotatable bonds is 7. The fourth-order valence-corrected chi connectivity index (χ4v) is 2.56. The van der Waals surface area contributed by atoms with Gasteiger partial charge in [0.2, 0.25) is 0 Å². The van der Waals surface area contributed by atoms with Crippen LogP contribution in [0, 0.1) is 0 Å². The molecule has 0 atom stereocenters. The van der Waals surface area contributed by atoms with Crippen LogP contribution < -0.4 is 10.2 Å². The first-order chi connectivity index (χ1) is 13.3. The van der Waals surface area contributed by atoms with E-state index >= 15 is 0 Å². The van der Waals surface area contributed by atoms with Gasteiger partial charge >= 0.3 is 18.1 Å². The van der Waals surface area contributed by atoms with Crippen LogP contribution >= 0.6 is 27.5 Å². The lowest BCUT2D eigenvalue weighted by molar-refractivity contribution is -0.361. The van der Waals surface area contributed by atoms with Crippen LogP contribution in [0.25, 0.3) is 0 Å². The Labute approximate surface area is 173 Å². The molecular weight excluding hydrogens is 497 g/mol. The minimum absolute atomic E-state index is 0.0266. The van der Waals surface area contributed by atoms with Crippen molar-refractivity contribution < 1.29 is 35.5 Å². The molecule has 0 unspecified atom stereocenters. The fourth-order valence-electron chi connectivity index (χ4n) is 1.97. The third-order valence-corrected chi connectivity index (χ3v) is 4.14. The van der Waals surface area contributed by atoms with Crippen LogP contribution in [0.4, 0.5) is 30.7 Å². The molecule has 0 fully saturated rings. The number of ether oxygens (including phenoxy) is 1. The standard InChI is InChI=1S/C17H11BrClF7N2O/c18-12-4-5-14(29-9-10-2-1-3-13(19)6-10)11(7-12)8-27-28-17(25,26)15(20,21)16(22,23)24/h1-8,28H,9H2/b27-8-. The van der Waals surface area contributed by atoms with Crippen molar-refractivity contribution >= 4 is 33.7 Å². The van der Waals surface area contributed by atoms with Crippen LogP contribution in [0.1, 0.15) is 11.1 Å². The molecule has 29 heavy (non-hydrogen) atoms. The van der Waals surface area contributed by atoms with Gasteiger partial charge in [-0.1, -0.05) is 39.7 Å². The summed E-state index contributed by atoms with van der Waals surface area (Å²) < 4.78 is 94.6. The Balaban J connectivity index is 2.16. The van der Waals surface area contributed by atoms with Crippen LogP contribution in [0.5, 0.6) is 5.75 Å². The molecular formula is C17H11BrClF7N2O. The van der Waals surface area contributed by atoms with Gasteiger partial charge in [0.15, 0.2) is 0 Å². The summed E-state index contributed by atoms with van der Waals surface area (Å²) in [6.45, 7) is 0.0266. The molecule has 0 radical (unpaired) electrons. The van der Waals surface area contributed by atoms with E-state index in [9.17, 15) is 30.7 Å². The van der Waals surface area contributed by atoms with Gasteiger partial charge in [0.1, 0.15) is 12.4 Å². The van der Waals surface area contributed by atoms with Crippen LogP contribution in [-0.4, -0.2) is 24.4 Å². The summed E-state index contributed by atoms with van der Waals surface area (Å²) in [6, 6.07) is 5.31. The van der Waals surface area contributed by atoms with E-state index in [4.69, 9.17) is 16.3 Å². The lowest BCUT2D eigenvalue weighted by Crippen LogP contribution is -2.58. The van der Waals surface area contributed by atoms with E-state index in [0.717, 1.165) is 0 Å². The molecule has 0 spiro atoms. The van der Waals surface area contributed by atoms with Crippen molar-refractivity contribution in [1.82, 2.24) is 5.43 Å². The Morgan fingerprint density at radius 1 is 1.03 bits per heavy atom. The Bertz CT molecular complexity index is 890. The maximum atomic E-state index is 13.2. The van der Waals surface area contributed by atoms with Crippen molar-refractivity contribution in [2.75, 3.05) is 0 Å². The van der Waals surface area contributed by atoms with Crippen molar-refractivity contribution in [3.63, 3.8) is 0 Å². The molecule has 0 aliphatic heterocycles. The van der Waals surface area contributed by atoms with E-state index < -0.39 is 18.1 Å². The van der Waals surface area contributed by atoms with Crippen molar-refractivity contribution in [2.45, 2.75) is 24.8 Å². The molecule has 2 rings (SSSR count). The van der Waals surface area contributed by atoms with Gasteiger partial charge in [0, 0.05) is 15.1 Å². The molecule has 0 aliphatic rings. The second-order valence-electron chi connectivity index (χ2n) is 5.62. The van der Waals surface area contributed by atoms with Gasteiger partial charge in [-0.15, -0.1) is 0 Å². The zero-order chi connectivity index (χ0) is 21.9. The lowest BCUT2D eigenvalue weighted by Gasteiger charge is -2.27. The Hall–Kier alpha value is -2.01. The third kappa shape index (κ3) is 5.75. The number of nitrogens with one attached hydrogen (secondary N) is 1. The predicted octanol–water partition coefficient (Wildman–Crippen LogP) is 6.40. The van der Waals surface area contributed by atoms with E-state index in [1.165, 1.54) is 12.1 Å². The van der Waals surface area contributed by atoms with Crippen molar-refractivity contribution in [2.24, 2.45) is 5.10 Å². The zero-order valence-corrected chi connectivity index (χ0v) is 16.4. The number of hydrogen-bond donors (Lipinski definition) is 1. The fraction of sp³-hybridized carbons (Fsp3) is 0.235. The monoisotopic (exact) mass is 506 g/mol. The topological polar surface area (TPSA) is 33.6 Å². The smallest absolute Gasteiger partial charge is 0.462 e. The quantitative estimate of drug-likeness (QED) is 0.204. The molecule has 0 saturated heterocycles. The first kappa shape index (κ1) is 23.3. The Kier molecular flexibility index (Phi) is 7.05. The SMILES string of the molecule is FC(F)(F)C(F)(F)C(F)(F)N/N=C\c1cc(Br)ccc1OCc1cccc(Cl)c1.